The second-order valence-electron chi connectivity index (χ2n) is 5.66. The van der Waals surface area contributed by atoms with Gasteiger partial charge in [-0.2, -0.15) is 5.10 Å². The molecule has 8 nitrogen and oxygen atoms in total. The molecule has 9 heteroatoms. The summed E-state index contributed by atoms with van der Waals surface area (Å²) in [6, 6.07) is 10.1. The van der Waals surface area contributed by atoms with Crippen LogP contribution >= 0.6 is 12.2 Å². The minimum atomic E-state index is -0.495. The summed E-state index contributed by atoms with van der Waals surface area (Å²) in [7, 11) is 0. The standard InChI is InChI=1S/C18H20N4O4S/c1-12-3-5-16(9-13(12)2)25-7-8-26-17-6-4-15(22(23)24)10-14(17)11-20-21-18(19)27/h3-6,9-11H,7-8H2,1-2H3,(H3,19,21,27)/b20-11+. The van der Waals surface area contributed by atoms with Gasteiger partial charge in [0.05, 0.1) is 11.1 Å². The summed E-state index contributed by atoms with van der Waals surface area (Å²) in [5, 5.41) is 14.8. The van der Waals surface area contributed by atoms with Crippen LogP contribution in [0.3, 0.4) is 0 Å². The Kier molecular flexibility index (Phi) is 7.07. The molecule has 0 saturated carbocycles. The van der Waals surface area contributed by atoms with E-state index in [9.17, 15) is 10.1 Å². The third-order valence-electron chi connectivity index (χ3n) is 3.67. The van der Waals surface area contributed by atoms with Crippen molar-refractivity contribution >= 4 is 29.2 Å². The highest BCUT2D eigenvalue weighted by Crippen LogP contribution is 2.23. The molecule has 0 heterocycles. The van der Waals surface area contributed by atoms with Crippen LogP contribution in [0.1, 0.15) is 16.7 Å². The summed E-state index contributed by atoms with van der Waals surface area (Å²) < 4.78 is 11.3. The number of non-ortho nitro benzene ring substituents is 1. The zero-order chi connectivity index (χ0) is 19.8. The van der Waals surface area contributed by atoms with E-state index in [4.69, 9.17) is 15.2 Å². The molecule has 2 aromatic carbocycles. The van der Waals surface area contributed by atoms with Crippen molar-refractivity contribution in [3.05, 3.63) is 63.2 Å². The number of thiocarbonyl (C=S) groups is 1. The van der Waals surface area contributed by atoms with E-state index >= 15 is 0 Å². The van der Waals surface area contributed by atoms with Gasteiger partial charge in [0.2, 0.25) is 0 Å². The van der Waals surface area contributed by atoms with Gasteiger partial charge in [-0.1, -0.05) is 6.07 Å². The predicted octanol–water partition coefficient (Wildman–Crippen LogP) is 2.84. The fraction of sp³-hybridized carbons (Fsp3) is 0.222. The van der Waals surface area contributed by atoms with Crippen molar-refractivity contribution < 1.29 is 14.4 Å². The highest BCUT2D eigenvalue weighted by atomic mass is 32.1. The molecule has 0 aliphatic carbocycles. The van der Waals surface area contributed by atoms with E-state index in [1.54, 1.807) is 0 Å². The van der Waals surface area contributed by atoms with E-state index in [1.807, 2.05) is 32.0 Å². The summed E-state index contributed by atoms with van der Waals surface area (Å²) in [5.74, 6) is 1.19. The van der Waals surface area contributed by atoms with Crippen LogP contribution in [0.15, 0.2) is 41.5 Å². The quantitative estimate of drug-likeness (QED) is 0.235. The van der Waals surface area contributed by atoms with E-state index in [0.29, 0.717) is 17.9 Å². The lowest BCUT2D eigenvalue weighted by molar-refractivity contribution is -0.384. The highest BCUT2D eigenvalue weighted by molar-refractivity contribution is 7.80. The largest absolute Gasteiger partial charge is 0.490 e. The number of ether oxygens (including phenoxy) is 2. The average molecular weight is 388 g/mol. The van der Waals surface area contributed by atoms with Crippen LogP contribution in [0.2, 0.25) is 0 Å². The summed E-state index contributed by atoms with van der Waals surface area (Å²) in [4.78, 5) is 10.5. The number of nitro benzene ring substituents is 1. The molecular formula is C18H20N4O4S. The summed E-state index contributed by atoms with van der Waals surface area (Å²) in [6.07, 6.45) is 1.35. The van der Waals surface area contributed by atoms with Crippen LogP contribution in [0.25, 0.3) is 0 Å². The van der Waals surface area contributed by atoms with Crippen molar-refractivity contribution in [1.82, 2.24) is 5.43 Å². The minimum Gasteiger partial charge on any atom is -0.490 e. The monoisotopic (exact) mass is 388 g/mol. The van der Waals surface area contributed by atoms with Gasteiger partial charge in [-0.15, -0.1) is 0 Å². The molecule has 27 heavy (non-hydrogen) atoms. The first kappa shape index (κ1) is 20.1. The molecule has 0 radical (unpaired) electrons. The van der Waals surface area contributed by atoms with E-state index in [2.05, 4.69) is 22.7 Å². The summed E-state index contributed by atoms with van der Waals surface area (Å²) >= 11 is 4.66. The van der Waals surface area contributed by atoms with Gasteiger partial charge in [0.1, 0.15) is 24.7 Å². The molecule has 0 aliphatic heterocycles. The lowest BCUT2D eigenvalue weighted by atomic mass is 10.1. The second-order valence-corrected chi connectivity index (χ2v) is 6.10. The Hall–Kier alpha value is -3.20. The molecular weight excluding hydrogens is 368 g/mol. The second kappa shape index (κ2) is 9.48. The molecule has 142 valence electrons. The van der Waals surface area contributed by atoms with Crippen molar-refractivity contribution in [3.63, 3.8) is 0 Å². The smallest absolute Gasteiger partial charge is 0.270 e. The fourth-order valence-corrected chi connectivity index (χ4v) is 2.21. The molecule has 3 N–H and O–H groups in total. The zero-order valence-electron chi connectivity index (χ0n) is 15.0. The van der Waals surface area contributed by atoms with E-state index in [-0.39, 0.29) is 17.4 Å². The fourth-order valence-electron chi connectivity index (χ4n) is 2.16. The van der Waals surface area contributed by atoms with Crippen LogP contribution in [-0.4, -0.2) is 29.5 Å². The van der Waals surface area contributed by atoms with Crippen LogP contribution in [0.4, 0.5) is 5.69 Å². The van der Waals surface area contributed by atoms with Crippen LogP contribution < -0.4 is 20.6 Å². The number of benzene rings is 2. The van der Waals surface area contributed by atoms with Gasteiger partial charge < -0.3 is 15.2 Å². The van der Waals surface area contributed by atoms with Crippen LogP contribution in [-0.2, 0) is 0 Å². The number of nitrogens with zero attached hydrogens (tertiary/aromatic N) is 2. The molecule has 0 spiro atoms. The Bertz CT molecular complexity index is 870. The molecule has 0 unspecified atom stereocenters. The van der Waals surface area contributed by atoms with Crippen molar-refractivity contribution in [2.45, 2.75) is 13.8 Å². The number of nitrogens with one attached hydrogen (secondary N) is 1. The maximum Gasteiger partial charge on any atom is 0.270 e. The summed E-state index contributed by atoms with van der Waals surface area (Å²) in [5.41, 5.74) is 10.4. The summed E-state index contributed by atoms with van der Waals surface area (Å²) in [6.45, 7) is 4.63. The Morgan fingerprint density at radius 3 is 2.63 bits per heavy atom. The predicted molar refractivity (Wildman–Crippen MR) is 108 cm³/mol. The molecule has 0 bridgehead atoms. The molecule has 0 aliphatic rings. The van der Waals surface area contributed by atoms with Crippen LogP contribution in [0.5, 0.6) is 11.5 Å². The number of hydrazone groups is 1. The van der Waals surface area contributed by atoms with E-state index < -0.39 is 4.92 Å². The van der Waals surface area contributed by atoms with Crippen LogP contribution in [0, 0.1) is 24.0 Å². The maximum absolute atomic E-state index is 11.0. The molecule has 0 aromatic heterocycles. The molecule has 2 rings (SSSR count). The number of rotatable bonds is 8. The van der Waals surface area contributed by atoms with Crippen molar-refractivity contribution in [2.24, 2.45) is 10.8 Å². The topological polar surface area (TPSA) is 112 Å². The zero-order valence-corrected chi connectivity index (χ0v) is 15.8. The first-order chi connectivity index (χ1) is 12.9. The lowest BCUT2D eigenvalue weighted by Gasteiger charge is -2.11. The number of aryl methyl sites for hydroxylation is 2. The first-order valence-electron chi connectivity index (χ1n) is 8.06. The van der Waals surface area contributed by atoms with E-state index in [0.717, 1.165) is 11.3 Å². The first-order valence-corrected chi connectivity index (χ1v) is 8.47. The van der Waals surface area contributed by atoms with E-state index in [1.165, 1.54) is 30.0 Å². The number of hydrogen-bond acceptors (Lipinski definition) is 6. The van der Waals surface area contributed by atoms with Gasteiger partial charge in [-0.3, -0.25) is 15.5 Å². The van der Waals surface area contributed by atoms with Gasteiger partial charge in [0.25, 0.3) is 5.69 Å². The number of nitrogens with two attached hydrogens (primary N) is 1. The molecule has 0 saturated heterocycles. The Morgan fingerprint density at radius 1 is 1.22 bits per heavy atom. The Morgan fingerprint density at radius 2 is 1.96 bits per heavy atom. The SMILES string of the molecule is Cc1ccc(OCCOc2ccc([N+](=O)[O-])cc2/C=N/NC(N)=S)cc1C. The number of nitro groups is 1. The molecule has 0 atom stereocenters. The average Bonchev–Trinajstić information content (AvgIpc) is 2.62. The maximum atomic E-state index is 11.0. The third kappa shape index (κ3) is 6.23. The Balaban J connectivity index is 2.01. The Labute approximate surface area is 162 Å². The lowest BCUT2D eigenvalue weighted by Crippen LogP contribution is -2.24. The third-order valence-corrected chi connectivity index (χ3v) is 3.76. The minimum absolute atomic E-state index is 0.0130. The number of hydrogen-bond donors (Lipinski definition) is 2. The van der Waals surface area contributed by atoms with Gasteiger partial charge in [0, 0.05) is 17.7 Å². The van der Waals surface area contributed by atoms with Gasteiger partial charge >= 0.3 is 0 Å². The normalized spacial score (nSPS) is 10.6. The highest BCUT2D eigenvalue weighted by Gasteiger charge is 2.11. The molecule has 0 amide bonds. The van der Waals surface area contributed by atoms with Crippen molar-refractivity contribution in [1.29, 1.82) is 0 Å². The molecule has 0 fully saturated rings. The van der Waals surface area contributed by atoms with Gasteiger partial charge in [0.15, 0.2) is 5.11 Å². The van der Waals surface area contributed by atoms with Crippen molar-refractivity contribution in [2.75, 3.05) is 13.2 Å². The molecule has 2 aromatic rings. The van der Waals surface area contributed by atoms with Gasteiger partial charge in [-0.25, -0.2) is 0 Å². The van der Waals surface area contributed by atoms with Gasteiger partial charge in [-0.05, 0) is 55.4 Å². The van der Waals surface area contributed by atoms with Crippen molar-refractivity contribution in [3.8, 4) is 11.5 Å².